The average molecular weight is 160 g/mol. The number of nitrogens with two attached hydrogens (primary N) is 1. The Labute approximate surface area is 65.0 Å². The van der Waals surface area contributed by atoms with Crippen LogP contribution in [0.1, 0.15) is 0 Å². The maximum absolute atomic E-state index is 10.1. The summed E-state index contributed by atoms with van der Waals surface area (Å²) in [4.78, 5) is 15.0. The lowest BCUT2D eigenvalue weighted by molar-refractivity contribution is -0.157. The smallest absolute Gasteiger partial charge is 0.325 e. The van der Waals surface area contributed by atoms with Crippen molar-refractivity contribution >= 4 is 5.97 Å². The second-order valence-corrected chi connectivity index (χ2v) is 1.77. The van der Waals surface area contributed by atoms with Gasteiger partial charge in [-0.25, -0.2) is 0 Å². The minimum Gasteiger partial charge on any atom is -0.480 e. The Balaban J connectivity index is 3.57. The third kappa shape index (κ3) is 5.38. The highest BCUT2D eigenvalue weighted by Crippen LogP contribution is 1.88. The van der Waals surface area contributed by atoms with Crippen molar-refractivity contribution in [2.75, 3.05) is 19.7 Å². The van der Waals surface area contributed by atoms with Crippen molar-refractivity contribution in [3.8, 4) is 0 Å². The normalized spacial score (nSPS) is 9.18. The van der Waals surface area contributed by atoms with E-state index in [4.69, 9.17) is 15.7 Å². The minimum atomic E-state index is -0.970. The van der Waals surface area contributed by atoms with Crippen molar-refractivity contribution in [2.24, 2.45) is 5.73 Å². The quantitative estimate of drug-likeness (QED) is 0.508. The molecule has 0 amide bonds. The van der Waals surface area contributed by atoms with Gasteiger partial charge < -0.3 is 10.8 Å². The zero-order chi connectivity index (χ0) is 8.69. The van der Waals surface area contributed by atoms with Crippen molar-refractivity contribution in [3.63, 3.8) is 0 Å². The van der Waals surface area contributed by atoms with Crippen molar-refractivity contribution in [1.29, 1.82) is 0 Å². The predicted molar refractivity (Wildman–Crippen MR) is 39.5 cm³/mol. The van der Waals surface area contributed by atoms with Crippen molar-refractivity contribution < 1.29 is 14.7 Å². The summed E-state index contributed by atoms with van der Waals surface area (Å²) in [6, 6.07) is 0. The third-order valence-corrected chi connectivity index (χ3v) is 0.870. The van der Waals surface area contributed by atoms with E-state index in [0.717, 1.165) is 5.06 Å². The van der Waals surface area contributed by atoms with Crippen LogP contribution in [-0.4, -0.2) is 35.8 Å². The molecule has 0 atom stereocenters. The van der Waals surface area contributed by atoms with E-state index in [9.17, 15) is 4.79 Å². The van der Waals surface area contributed by atoms with Gasteiger partial charge in [-0.3, -0.25) is 14.7 Å². The molecule has 0 unspecified atom stereocenters. The Bertz CT molecular complexity index is 138. The summed E-state index contributed by atoms with van der Waals surface area (Å²) in [5, 5.41) is 9.43. The van der Waals surface area contributed by atoms with Crippen LogP contribution in [0.2, 0.25) is 0 Å². The monoisotopic (exact) mass is 160 g/mol. The van der Waals surface area contributed by atoms with E-state index < -0.39 is 5.97 Å². The Hall–Kier alpha value is -1.07. The Morgan fingerprint density at radius 2 is 2.45 bits per heavy atom. The van der Waals surface area contributed by atoms with E-state index in [1.807, 2.05) is 0 Å². The fourth-order valence-corrected chi connectivity index (χ4v) is 0.466. The molecule has 0 aliphatic heterocycles. The second-order valence-electron chi connectivity index (χ2n) is 1.77. The number of carboxylic acids is 1. The number of hydrogen-bond acceptors (Lipinski definition) is 4. The molecule has 0 bridgehead atoms. The molecule has 0 spiro atoms. The summed E-state index contributed by atoms with van der Waals surface area (Å²) < 4.78 is 0. The first-order chi connectivity index (χ1) is 5.20. The molecule has 5 nitrogen and oxygen atoms in total. The summed E-state index contributed by atoms with van der Waals surface area (Å²) in [5.41, 5.74) is 5.13. The molecule has 0 fully saturated rings. The van der Waals surface area contributed by atoms with Crippen LogP contribution in [-0.2, 0) is 9.63 Å². The van der Waals surface area contributed by atoms with Gasteiger partial charge in [0.1, 0.15) is 6.54 Å². The molecule has 0 radical (unpaired) electrons. The number of rotatable bonds is 6. The zero-order valence-corrected chi connectivity index (χ0v) is 6.19. The molecule has 0 aliphatic carbocycles. The molecule has 0 saturated heterocycles. The molecule has 0 heterocycles. The zero-order valence-electron chi connectivity index (χ0n) is 6.19. The molecule has 0 aromatic rings. The molecular formula is C6H12N2O3. The summed E-state index contributed by atoms with van der Waals surface area (Å²) in [5.74, 6) is -0.970. The standard InChI is InChI=1S/C6H12N2O3/c1-2-8(5-6(9)10)11-4-3-7/h2H,1,3-5,7H2,(H,9,10). The minimum absolute atomic E-state index is 0.219. The van der Waals surface area contributed by atoms with E-state index in [1.54, 1.807) is 0 Å². The lowest BCUT2D eigenvalue weighted by Gasteiger charge is -2.15. The lowest BCUT2D eigenvalue weighted by Crippen LogP contribution is -2.27. The van der Waals surface area contributed by atoms with Crippen LogP contribution in [0.25, 0.3) is 0 Å². The molecule has 64 valence electrons. The van der Waals surface area contributed by atoms with Crippen LogP contribution in [0, 0.1) is 0 Å². The highest BCUT2D eigenvalue weighted by molar-refractivity contribution is 5.69. The molecular weight excluding hydrogens is 148 g/mol. The third-order valence-electron chi connectivity index (χ3n) is 0.870. The summed E-state index contributed by atoms with van der Waals surface area (Å²) in [6.07, 6.45) is 1.30. The highest BCUT2D eigenvalue weighted by atomic mass is 16.7. The van der Waals surface area contributed by atoms with Crippen LogP contribution in [0.3, 0.4) is 0 Å². The number of hydrogen-bond donors (Lipinski definition) is 2. The number of hydroxylamine groups is 2. The van der Waals surface area contributed by atoms with Gasteiger partial charge in [0.2, 0.25) is 0 Å². The van der Waals surface area contributed by atoms with Crippen molar-refractivity contribution in [2.45, 2.75) is 0 Å². The van der Waals surface area contributed by atoms with E-state index >= 15 is 0 Å². The molecule has 5 heteroatoms. The summed E-state index contributed by atoms with van der Waals surface area (Å²) in [7, 11) is 0. The molecule has 0 aromatic heterocycles. The van der Waals surface area contributed by atoms with Crippen LogP contribution in [0.15, 0.2) is 12.8 Å². The Morgan fingerprint density at radius 3 is 2.82 bits per heavy atom. The van der Waals surface area contributed by atoms with Gasteiger partial charge in [0, 0.05) is 12.7 Å². The average Bonchev–Trinajstić information content (AvgIpc) is 1.97. The van der Waals surface area contributed by atoms with Gasteiger partial charge >= 0.3 is 5.97 Å². The van der Waals surface area contributed by atoms with Gasteiger partial charge in [0.15, 0.2) is 0 Å². The van der Waals surface area contributed by atoms with Crippen LogP contribution in [0.5, 0.6) is 0 Å². The van der Waals surface area contributed by atoms with Crippen LogP contribution in [0.4, 0.5) is 0 Å². The van der Waals surface area contributed by atoms with Crippen LogP contribution < -0.4 is 5.73 Å². The maximum Gasteiger partial charge on any atom is 0.325 e. The van der Waals surface area contributed by atoms with Gasteiger partial charge in [-0.05, 0) is 0 Å². The SMILES string of the molecule is C=CN(CC(=O)O)OCCN. The predicted octanol–water partition coefficient (Wildman–Crippen LogP) is -0.593. The van der Waals surface area contributed by atoms with Crippen molar-refractivity contribution in [1.82, 2.24) is 5.06 Å². The molecule has 0 rings (SSSR count). The first-order valence-electron chi connectivity index (χ1n) is 3.14. The second kappa shape index (κ2) is 5.70. The van der Waals surface area contributed by atoms with Crippen LogP contribution >= 0.6 is 0 Å². The van der Waals surface area contributed by atoms with E-state index in [1.165, 1.54) is 6.20 Å². The molecule has 3 N–H and O–H groups in total. The van der Waals surface area contributed by atoms with Gasteiger partial charge in [0.05, 0.1) is 6.61 Å². The van der Waals surface area contributed by atoms with Gasteiger partial charge in [-0.1, -0.05) is 6.58 Å². The van der Waals surface area contributed by atoms with E-state index in [0.29, 0.717) is 13.2 Å². The molecule has 0 saturated carbocycles. The number of carbonyl (C=O) groups is 1. The first kappa shape index (κ1) is 9.93. The molecule has 0 aliphatic rings. The van der Waals surface area contributed by atoms with Crippen molar-refractivity contribution in [3.05, 3.63) is 12.8 Å². The number of carboxylic acid groups (broad SMARTS) is 1. The van der Waals surface area contributed by atoms with E-state index in [-0.39, 0.29) is 6.54 Å². The topological polar surface area (TPSA) is 75.8 Å². The summed E-state index contributed by atoms with van der Waals surface area (Å²) >= 11 is 0. The lowest BCUT2D eigenvalue weighted by atomic mass is 10.6. The Kier molecular flexibility index (Phi) is 5.14. The van der Waals surface area contributed by atoms with Gasteiger partial charge in [-0.15, -0.1) is 0 Å². The summed E-state index contributed by atoms with van der Waals surface area (Å²) in [6.45, 7) is 3.79. The fraction of sp³-hybridized carbons (Fsp3) is 0.500. The number of nitrogens with zero attached hydrogens (tertiary/aromatic N) is 1. The Morgan fingerprint density at radius 1 is 1.82 bits per heavy atom. The van der Waals surface area contributed by atoms with Gasteiger partial charge in [-0.2, -0.15) is 0 Å². The maximum atomic E-state index is 10.1. The molecule has 0 aromatic carbocycles. The molecule has 11 heavy (non-hydrogen) atoms. The van der Waals surface area contributed by atoms with Gasteiger partial charge in [0.25, 0.3) is 0 Å². The first-order valence-corrected chi connectivity index (χ1v) is 3.14. The fourth-order valence-electron chi connectivity index (χ4n) is 0.466. The highest BCUT2D eigenvalue weighted by Gasteiger charge is 2.03. The van der Waals surface area contributed by atoms with E-state index in [2.05, 4.69) is 6.58 Å². The number of aliphatic carboxylic acids is 1. The largest absolute Gasteiger partial charge is 0.480 e.